The highest BCUT2D eigenvalue weighted by molar-refractivity contribution is 6.31. The first kappa shape index (κ1) is 12.9. The highest BCUT2D eigenvalue weighted by Crippen LogP contribution is 2.38. The predicted octanol–water partition coefficient (Wildman–Crippen LogP) is 4.03. The van der Waals surface area contributed by atoms with E-state index in [1.54, 1.807) is 0 Å². The Hall–Kier alpha value is -1.06. The largest absolute Gasteiger partial charge is 0.440 e. The fraction of sp³-hybridized carbons (Fsp3) is 0.533. The van der Waals surface area contributed by atoms with Gasteiger partial charge in [-0.1, -0.05) is 37.3 Å². The molecule has 102 valence electrons. The van der Waals surface area contributed by atoms with Crippen LogP contribution in [-0.4, -0.2) is 11.5 Å². The molecule has 0 saturated heterocycles. The first-order valence-corrected chi connectivity index (χ1v) is 7.38. The second kappa shape index (κ2) is 5.14. The van der Waals surface area contributed by atoms with Gasteiger partial charge in [0.25, 0.3) is 0 Å². The average molecular weight is 279 g/mol. The molecule has 1 aromatic heterocycles. The van der Waals surface area contributed by atoms with Crippen molar-refractivity contribution < 1.29 is 4.42 Å². The molecule has 0 unspecified atom stereocenters. The summed E-state index contributed by atoms with van der Waals surface area (Å²) in [5.74, 6) is 0.800. The van der Waals surface area contributed by atoms with Crippen LogP contribution in [0.15, 0.2) is 22.6 Å². The van der Waals surface area contributed by atoms with Gasteiger partial charge in [-0.2, -0.15) is 0 Å². The number of aromatic nitrogens is 1. The molecule has 3 nitrogen and oxygen atoms in total. The van der Waals surface area contributed by atoms with Gasteiger partial charge in [-0.15, -0.1) is 0 Å². The Balaban J connectivity index is 2.04. The standard InChI is InChI=1S/C15H19ClN2O/c16-11-5-6-12-13(9-11)19-14(18-12)15(10-17)7-3-1-2-4-8-15/h5-6,9H,1-4,7-8,10,17H2. The molecule has 0 amide bonds. The smallest absolute Gasteiger partial charge is 0.202 e. The molecule has 1 aromatic carbocycles. The van der Waals surface area contributed by atoms with E-state index >= 15 is 0 Å². The number of benzene rings is 1. The van der Waals surface area contributed by atoms with Crippen LogP contribution in [0.3, 0.4) is 0 Å². The van der Waals surface area contributed by atoms with E-state index < -0.39 is 0 Å². The van der Waals surface area contributed by atoms with E-state index in [2.05, 4.69) is 4.98 Å². The Kier molecular flexibility index (Phi) is 3.50. The molecule has 2 aromatic rings. The van der Waals surface area contributed by atoms with Crippen LogP contribution in [0.5, 0.6) is 0 Å². The molecule has 0 atom stereocenters. The lowest BCUT2D eigenvalue weighted by atomic mass is 9.80. The average Bonchev–Trinajstić information content (AvgIpc) is 2.69. The maximum Gasteiger partial charge on any atom is 0.202 e. The Morgan fingerprint density at radius 2 is 1.95 bits per heavy atom. The van der Waals surface area contributed by atoms with E-state index in [0.717, 1.165) is 29.8 Å². The topological polar surface area (TPSA) is 52.0 Å². The number of rotatable bonds is 2. The summed E-state index contributed by atoms with van der Waals surface area (Å²) in [6.45, 7) is 0.605. The van der Waals surface area contributed by atoms with Gasteiger partial charge in [0.15, 0.2) is 5.58 Å². The summed E-state index contributed by atoms with van der Waals surface area (Å²) in [6.07, 6.45) is 7.13. The summed E-state index contributed by atoms with van der Waals surface area (Å²) < 4.78 is 5.96. The Morgan fingerprint density at radius 1 is 1.21 bits per heavy atom. The fourth-order valence-corrected chi connectivity index (χ4v) is 3.20. The summed E-state index contributed by atoms with van der Waals surface area (Å²) in [6, 6.07) is 5.58. The molecular weight excluding hydrogens is 260 g/mol. The first-order valence-electron chi connectivity index (χ1n) is 7.00. The van der Waals surface area contributed by atoms with Gasteiger partial charge in [-0.3, -0.25) is 0 Å². The Labute approximate surface area is 118 Å². The second-order valence-electron chi connectivity index (χ2n) is 5.53. The van der Waals surface area contributed by atoms with Crippen molar-refractivity contribution in [3.05, 3.63) is 29.1 Å². The van der Waals surface area contributed by atoms with Gasteiger partial charge >= 0.3 is 0 Å². The molecule has 4 heteroatoms. The summed E-state index contributed by atoms with van der Waals surface area (Å²) in [4.78, 5) is 4.66. The van der Waals surface area contributed by atoms with Gasteiger partial charge in [0.2, 0.25) is 5.89 Å². The van der Waals surface area contributed by atoms with E-state index in [1.165, 1.54) is 25.7 Å². The van der Waals surface area contributed by atoms with Gasteiger partial charge in [-0.05, 0) is 25.0 Å². The summed E-state index contributed by atoms with van der Waals surface area (Å²) in [5.41, 5.74) is 7.62. The van der Waals surface area contributed by atoms with E-state index in [9.17, 15) is 0 Å². The maximum atomic E-state index is 6.07. The van der Waals surface area contributed by atoms with Gasteiger partial charge in [0.05, 0.1) is 5.41 Å². The Morgan fingerprint density at radius 3 is 2.63 bits per heavy atom. The second-order valence-corrected chi connectivity index (χ2v) is 5.97. The van der Waals surface area contributed by atoms with Crippen LogP contribution in [0, 0.1) is 0 Å². The lowest BCUT2D eigenvalue weighted by Crippen LogP contribution is -2.35. The monoisotopic (exact) mass is 278 g/mol. The van der Waals surface area contributed by atoms with Crippen molar-refractivity contribution in [1.82, 2.24) is 4.98 Å². The number of fused-ring (bicyclic) bond motifs is 1. The van der Waals surface area contributed by atoms with Crippen molar-refractivity contribution in [2.24, 2.45) is 5.73 Å². The van der Waals surface area contributed by atoms with Crippen molar-refractivity contribution in [1.29, 1.82) is 0 Å². The van der Waals surface area contributed by atoms with Gasteiger partial charge in [-0.25, -0.2) is 4.98 Å². The molecule has 0 radical (unpaired) electrons. The van der Waals surface area contributed by atoms with Gasteiger partial charge in [0, 0.05) is 17.6 Å². The van der Waals surface area contributed by atoms with Crippen molar-refractivity contribution in [3.8, 4) is 0 Å². The molecular formula is C15H19ClN2O. The van der Waals surface area contributed by atoms with Crippen LogP contribution in [0.25, 0.3) is 11.1 Å². The minimum atomic E-state index is -0.0814. The number of nitrogens with zero attached hydrogens (tertiary/aromatic N) is 1. The SMILES string of the molecule is NCC1(c2nc3ccc(Cl)cc3o2)CCCCCC1. The van der Waals surface area contributed by atoms with Crippen LogP contribution in [-0.2, 0) is 5.41 Å². The quantitative estimate of drug-likeness (QED) is 0.844. The molecule has 3 rings (SSSR count). The fourth-order valence-electron chi connectivity index (χ4n) is 3.04. The molecule has 1 heterocycles. The summed E-state index contributed by atoms with van der Waals surface area (Å²) >= 11 is 6.00. The van der Waals surface area contributed by atoms with Crippen LogP contribution in [0.1, 0.15) is 44.4 Å². The minimum Gasteiger partial charge on any atom is -0.440 e. The van der Waals surface area contributed by atoms with Crippen LogP contribution >= 0.6 is 11.6 Å². The molecule has 0 bridgehead atoms. The van der Waals surface area contributed by atoms with Gasteiger partial charge in [0.1, 0.15) is 5.52 Å². The number of nitrogens with two attached hydrogens (primary N) is 1. The molecule has 0 spiro atoms. The molecule has 1 aliphatic rings. The normalized spacial score (nSPS) is 19.5. The molecule has 1 saturated carbocycles. The molecule has 0 aliphatic heterocycles. The zero-order valence-electron chi connectivity index (χ0n) is 11.0. The zero-order chi connectivity index (χ0) is 13.3. The van der Waals surface area contributed by atoms with Crippen molar-refractivity contribution >= 4 is 22.7 Å². The summed E-state index contributed by atoms with van der Waals surface area (Å²) in [5, 5.41) is 0.679. The third-order valence-corrected chi connectivity index (χ3v) is 4.49. The molecule has 1 fully saturated rings. The lowest BCUT2D eigenvalue weighted by Gasteiger charge is -2.27. The van der Waals surface area contributed by atoms with Crippen molar-refractivity contribution in [3.63, 3.8) is 0 Å². The third-order valence-electron chi connectivity index (χ3n) is 4.26. The van der Waals surface area contributed by atoms with Crippen LogP contribution in [0.4, 0.5) is 0 Å². The number of halogens is 1. The number of oxazole rings is 1. The Bertz CT molecular complexity index is 571. The molecule has 1 aliphatic carbocycles. The van der Waals surface area contributed by atoms with E-state index in [4.69, 9.17) is 21.8 Å². The third kappa shape index (κ3) is 2.37. The summed E-state index contributed by atoms with van der Waals surface area (Å²) in [7, 11) is 0. The van der Waals surface area contributed by atoms with Crippen molar-refractivity contribution in [2.45, 2.75) is 43.9 Å². The number of hydrogen-bond acceptors (Lipinski definition) is 3. The zero-order valence-corrected chi connectivity index (χ0v) is 11.7. The lowest BCUT2D eigenvalue weighted by molar-refractivity contribution is 0.300. The van der Waals surface area contributed by atoms with Crippen LogP contribution < -0.4 is 5.73 Å². The molecule has 2 N–H and O–H groups in total. The highest BCUT2D eigenvalue weighted by atomic mass is 35.5. The molecule has 19 heavy (non-hydrogen) atoms. The van der Waals surface area contributed by atoms with E-state index in [0.29, 0.717) is 11.6 Å². The highest BCUT2D eigenvalue weighted by Gasteiger charge is 2.36. The van der Waals surface area contributed by atoms with E-state index in [-0.39, 0.29) is 5.41 Å². The van der Waals surface area contributed by atoms with Crippen molar-refractivity contribution in [2.75, 3.05) is 6.54 Å². The van der Waals surface area contributed by atoms with Gasteiger partial charge < -0.3 is 10.2 Å². The predicted molar refractivity (Wildman–Crippen MR) is 77.5 cm³/mol. The maximum absolute atomic E-state index is 6.07. The van der Waals surface area contributed by atoms with E-state index in [1.807, 2.05) is 18.2 Å². The number of hydrogen-bond donors (Lipinski definition) is 1. The first-order chi connectivity index (χ1) is 9.23. The van der Waals surface area contributed by atoms with Crippen LogP contribution in [0.2, 0.25) is 5.02 Å². The minimum absolute atomic E-state index is 0.0814.